The molecule has 28 heavy (non-hydrogen) atoms. The van der Waals surface area contributed by atoms with Crippen LogP contribution in [-0.4, -0.2) is 71.1 Å². The predicted octanol–water partition coefficient (Wildman–Crippen LogP) is -0.534. The SMILES string of the molecule is CC1=C(C(=O)O)N2C(=O)[C@@H](NC(=S)Cc3nc(CC(N)C(=O)O)c[nH]3)[C@@H]2SC1. The van der Waals surface area contributed by atoms with E-state index in [-0.39, 0.29) is 29.8 Å². The Kier molecular flexibility index (Phi) is 5.72. The molecule has 12 heteroatoms. The van der Waals surface area contributed by atoms with Crippen molar-refractivity contribution >= 4 is 46.8 Å². The molecule has 2 aliphatic heterocycles. The van der Waals surface area contributed by atoms with Gasteiger partial charge in [0.25, 0.3) is 5.91 Å². The van der Waals surface area contributed by atoms with Gasteiger partial charge in [0, 0.05) is 18.4 Å². The highest BCUT2D eigenvalue weighted by Gasteiger charge is 2.53. The summed E-state index contributed by atoms with van der Waals surface area (Å²) in [6.07, 6.45) is 1.89. The molecule has 1 fully saturated rings. The summed E-state index contributed by atoms with van der Waals surface area (Å²) >= 11 is 6.79. The number of nitrogens with one attached hydrogen (secondary N) is 2. The second kappa shape index (κ2) is 7.89. The average Bonchev–Trinajstić information content (AvgIpc) is 3.05. The van der Waals surface area contributed by atoms with Crippen LogP contribution in [0.15, 0.2) is 17.5 Å². The number of aromatic amines is 1. The number of fused-ring (bicyclic) bond motifs is 1. The van der Waals surface area contributed by atoms with Crippen molar-refractivity contribution in [3.63, 3.8) is 0 Å². The first-order valence-electron chi connectivity index (χ1n) is 8.37. The molecule has 3 atom stereocenters. The molecule has 6 N–H and O–H groups in total. The Morgan fingerprint density at radius 2 is 2.25 bits per heavy atom. The molecule has 0 aliphatic carbocycles. The van der Waals surface area contributed by atoms with Crippen LogP contribution in [-0.2, 0) is 27.2 Å². The van der Waals surface area contributed by atoms with Crippen molar-refractivity contribution in [2.45, 2.75) is 37.2 Å². The summed E-state index contributed by atoms with van der Waals surface area (Å²) in [7, 11) is 0. The third kappa shape index (κ3) is 3.88. The number of carbonyl (C=O) groups excluding carboxylic acids is 1. The molecule has 1 amide bonds. The van der Waals surface area contributed by atoms with Gasteiger partial charge < -0.3 is 26.2 Å². The number of aromatic nitrogens is 2. The number of thiocarbonyl (C=S) groups is 1. The Morgan fingerprint density at radius 1 is 1.54 bits per heavy atom. The van der Waals surface area contributed by atoms with E-state index < -0.39 is 24.0 Å². The minimum Gasteiger partial charge on any atom is -0.480 e. The number of hydrogen-bond acceptors (Lipinski definition) is 7. The summed E-state index contributed by atoms with van der Waals surface area (Å²) in [5.74, 6) is -1.49. The van der Waals surface area contributed by atoms with E-state index in [9.17, 15) is 19.5 Å². The van der Waals surface area contributed by atoms with Gasteiger partial charge in [0.15, 0.2) is 0 Å². The van der Waals surface area contributed by atoms with Crippen molar-refractivity contribution in [1.82, 2.24) is 20.2 Å². The van der Waals surface area contributed by atoms with E-state index in [1.165, 1.54) is 16.7 Å². The van der Waals surface area contributed by atoms with Crippen LogP contribution in [0.3, 0.4) is 0 Å². The van der Waals surface area contributed by atoms with Crippen molar-refractivity contribution in [3.05, 3.63) is 29.0 Å². The lowest BCUT2D eigenvalue weighted by molar-refractivity contribution is -0.148. The van der Waals surface area contributed by atoms with Gasteiger partial charge in [-0.2, -0.15) is 0 Å². The van der Waals surface area contributed by atoms with E-state index in [4.69, 9.17) is 23.1 Å². The lowest BCUT2D eigenvalue weighted by Gasteiger charge is -2.49. The van der Waals surface area contributed by atoms with Crippen LogP contribution in [0.4, 0.5) is 0 Å². The molecular formula is C16H19N5O5S2. The number of nitrogens with two attached hydrogens (primary N) is 1. The lowest BCUT2D eigenvalue weighted by Crippen LogP contribution is -2.70. The molecule has 2 aliphatic rings. The molecule has 1 aromatic rings. The van der Waals surface area contributed by atoms with Crippen LogP contribution in [0.2, 0.25) is 0 Å². The number of carbonyl (C=O) groups is 3. The molecule has 1 saturated heterocycles. The number of amides is 1. The van der Waals surface area contributed by atoms with Gasteiger partial charge in [-0.25, -0.2) is 9.78 Å². The van der Waals surface area contributed by atoms with Gasteiger partial charge >= 0.3 is 11.9 Å². The Labute approximate surface area is 169 Å². The summed E-state index contributed by atoms with van der Waals surface area (Å²) in [6, 6.07) is -1.63. The molecule has 0 saturated carbocycles. The second-order valence-corrected chi connectivity index (χ2v) is 8.15. The molecule has 0 bridgehead atoms. The third-order valence-corrected chi connectivity index (χ3v) is 6.12. The van der Waals surface area contributed by atoms with Crippen molar-refractivity contribution in [2.75, 3.05) is 5.75 Å². The van der Waals surface area contributed by atoms with Crippen LogP contribution in [0.1, 0.15) is 18.4 Å². The van der Waals surface area contributed by atoms with E-state index in [0.29, 0.717) is 27.8 Å². The fourth-order valence-electron chi connectivity index (χ4n) is 3.06. The third-order valence-electron chi connectivity index (χ3n) is 4.44. The fraction of sp³-hybridized carbons (Fsp3) is 0.438. The van der Waals surface area contributed by atoms with Gasteiger partial charge in [-0.05, 0) is 12.5 Å². The predicted molar refractivity (Wildman–Crippen MR) is 105 cm³/mol. The van der Waals surface area contributed by atoms with E-state index in [1.807, 2.05) is 0 Å². The molecule has 0 aromatic carbocycles. The number of nitrogens with zero attached hydrogens (tertiary/aromatic N) is 2. The molecule has 3 heterocycles. The van der Waals surface area contributed by atoms with Crippen LogP contribution in [0.25, 0.3) is 0 Å². The molecule has 0 radical (unpaired) electrons. The maximum atomic E-state index is 12.4. The van der Waals surface area contributed by atoms with Gasteiger partial charge in [-0.15, -0.1) is 11.8 Å². The summed E-state index contributed by atoms with van der Waals surface area (Å²) in [5, 5.41) is 20.9. The summed E-state index contributed by atoms with van der Waals surface area (Å²) in [6.45, 7) is 1.70. The standard InChI is InChI=1S/C16H19N5O5S2/c1-6-5-28-14-11(13(22)21(14)12(6)16(25)26)20-10(27)3-9-18-4-7(19-9)2-8(17)15(23)24/h4,8,11,14H,2-3,5,17H2,1H3,(H,18,19)(H,20,27)(H,23,24)(H,25,26)/t8?,11-,14+/m1/s1. The summed E-state index contributed by atoms with van der Waals surface area (Å²) < 4.78 is 0. The number of β-lactam (4-membered cyclic amide) rings is 1. The van der Waals surface area contributed by atoms with Gasteiger partial charge in [0.1, 0.15) is 29.0 Å². The number of thioether (sulfide) groups is 1. The zero-order valence-corrected chi connectivity index (χ0v) is 16.5. The van der Waals surface area contributed by atoms with E-state index in [1.54, 1.807) is 13.1 Å². The minimum absolute atomic E-state index is 0.0446. The Hall–Kier alpha value is -2.44. The molecule has 1 unspecified atom stereocenters. The monoisotopic (exact) mass is 425 g/mol. The number of carboxylic acids is 2. The zero-order chi connectivity index (χ0) is 20.6. The maximum absolute atomic E-state index is 12.4. The molecule has 3 rings (SSSR count). The largest absolute Gasteiger partial charge is 0.480 e. The summed E-state index contributed by atoms with van der Waals surface area (Å²) in [5.41, 5.74) is 6.70. The van der Waals surface area contributed by atoms with Gasteiger partial charge in [-0.3, -0.25) is 14.5 Å². The molecule has 10 nitrogen and oxygen atoms in total. The Balaban J connectivity index is 1.58. The number of imidazole rings is 1. The van der Waals surface area contributed by atoms with Gasteiger partial charge in [0.2, 0.25) is 0 Å². The highest BCUT2D eigenvalue weighted by molar-refractivity contribution is 8.00. The summed E-state index contributed by atoms with van der Waals surface area (Å²) in [4.78, 5) is 43.5. The van der Waals surface area contributed by atoms with Crippen molar-refractivity contribution in [3.8, 4) is 0 Å². The Bertz CT molecular complexity index is 883. The average molecular weight is 425 g/mol. The molecule has 150 valence electrons. The van der Waals surface area contributed by atoms with Crippen molar-refractivity contribution < 1.29 is 24.6 Å². The van der Waals surface area contributed by atoms with Crippen LogP contribution in [0, 0.1) is 0 Å². The van der Waals surface area contributed by atoms with Gasteiger partial charge in [0.05, 0.1) is 17.1 Å². The number of carboxylic acid groups (broad SMARTS) is 2. The maximum Gasteiger partial charge on any atom is 0.352 e. The number of hydrogen-bond donors (Lipinski definition) is 5. The zero-order valence-electron chi connectivity index (χ0n) is 14.8. The normalized spacial score (nSPS) is 22.4. The first-order valence-corrected chi connectivity index (χ1v) is 9.83. The second-order valence-electron chi connectivity index (χ2n) is 6.55. The lowest BCUT2D eigenvalue weighted by atomic mass is 10.0. The quantitative estimate of drug-likeness (QED) is 0.283. The molecular weight excluding hydrogens is 406 g/mol. The van der Waals surface area contributed by atoms with Gasteiger partial charge in [-0.1, -0.05) is 12.2 Å². The van der Waals surface area contributed by atoms with Crippen LogP contribution in [0.5, 0.6) is 0 Å². The first-order chi connectivity index (χ1) is 13.2. The molecule has 0 spiro atoms. The highest BCUT2D eigenvalue weighted by atomic mass is 32.2. The smallest absolute Gasteiger partial charge is 0.352 e. The van der Waals surface area contributed by atoms with E-state index in [2.05, 4.69) is 15.3 Å². The number of H-pyrrole nitrogens is 1. The first kappa shape index (κ1) is 20.3. The number of aliphatic carboxylic acids is 2. The minimum atomic E-state index is -1.11. The van der Waals surface area contributed by atoms with Crippen molar-refractivity contribution in [2.24, 2.45) is 5.73 Å². The van der Waals surface area contributed by atoms with E-state index >= 15 is 0 Å². The van der Waals surface area contributed by atoms with E-state index in [0.717, 1.165) is 0 Å². The Morgan fingerprint density at radius 3 is 2.89 bits per heavy atom. The topological polar surface area (TPSA) is 162 Å². The fourth-order valence-corrected chi connectivity index (χ4v) is 4.62. The van der Waals surface area contributed by atoms with Crippen LogP contribution < -0.4 is 11.1 Å². The number of rotatable bonds is 7. The van der Waals surface area contributed by atoms with Crippen LogP contribution >= 0.6 is 24.0 Å². The van der Waals surface area contributed by atoms with Crippen molar-refractivity contribution in [1.29, 1.82) is 0 Å². The molecule has 1 aromatic heterocycles. The highest BCUT2D eigenvalue weighted by Crippen LogP contribution is 2.40.